The van der Waals surface area contributed by atoms with Crippen LogP contribution in [0.1, 0.15) is 12.1 Å². The highest BCUT2D eigenvalue weighted by Gasteiger charge is 2.23. The van der Waals surface area contributed by atoms with E-state index in [1.54, 1.807) is 0 Å². The second-order valence-corrected chi connectivity index (χ2v) is 4.38. The summed E-state index contributed by atoms with van der Waals surface area (Å²) in [6.45, 7) is 0. The van der Waals surface area contributed by atoms with Gasteiger partial charge in [-0.05, 0) is 6.07 Å². The monoisotopic (exact) mass is 260 g/mol. The lowest BCUT2D eigenvalue weighted by Crippen LogP contribution is -2.17. The molecule has 9 heteroatoms. The summed E-state index contributed by atoms with van der Waals surface area (Å²) >= 11 is 5.20. The van der Waals surface area contributed by atoms with Crippen molar-refractivity contribution in [3.05, 3.63) is 22.6 Å². The first-order valence-electron chi connectivity index (χ1n) is 3.40. The van der Waals surface area contributed by atoms with E-state index in [2.05, 4.69) is 10.1 Å². The molecule has 0 spiro atoms. The highest BCUT2D eigenvalue weighted by atomic mass is 35.5. The standard InChI is InChI=1S/C6H4ClF3N2O2S/c7-2-1-3(5(9)10)12-6(4(2)8)15(11,13)14/h1,5H,(H2,11,13,14). The molecule has 1 heterocycles. The summed E-state index contributed by atoms with van der Waals surface area (Å²) < 4.78 is 58.9. The Morgan fingerprint density at radius 2 is 2.00 bits per heavy atom. The van der Waals surface area contributed by atoms with E-state index in [0.717, 1.165) is 0 Å². The van der Waals surface area contributed by atoms with E-state index in [-0.39, 0.29) is 0 Å². The molecule has 1 aromatic rings. The maximum Gasteiger partial charge on any atom is 0.280 e. The molecule has 0 fully saturated rings. The number of aromatic nitrogens is 1. The third kappa shape index (κ3) is 2.58. The number of hydrogen-bond acceptors (Lipinski definition) is 3. The summed E-state index contributed by atoms with van der Waals surface area (Å²) in [5.74, 6) is -1.44. The van der Waals surface area contributed by atoms with E-state index in [4.69, 9.17) is 11.6 Å². The van der Waals surface area contributed by atoms with Crippen LogP contribution in [-0.4, -0.2) is 13.4 Å². The van der Waals surface area contributed by atoms with Crippen molar-refractivity contribution in [2.45, 2.75) is 11.5 Å². The van der Waals surface area contributed by atoms with Crippen molar-refractivity contribution in [1.29, 1.82) is 0 Å². The quantitative estimate of drug-likeness (QED) is 0.875. The lowest BCUT2D eigenvalue weighted by Gasteiger charge is -2.04. The second kappa shape index (κ2) is 3.95. The molecule has 0 saturated heterocycles. The number of primary sulfonamides is 1. The zero-order valence-electron chi connectivity index (χ0n) is 6.92. The van der Waals surface area contributed by atoms with E-state index in [1.807, 2.05) is 0 Å². The largest absolute Gasteiger partial charge is 0.280 e. The van der Waals surface area contributed by atoms with E-state index >= 15 is 0 Å². The molecule has 0 aliphatic rings. The third-order valence-electron chi connectivity index (χ3n) is 1.40. The van der Waals surface area contributed by atoms with Crippen molar-refractivity contribution in [3.63, 3.8) is 0 Å². The predicted octanol–water partition coefficient (Wildman–Crippen LogP) is 1.46. The lowest BCUT2D eigenvalue weighted by molar-refractivity contribution is 0.145. The lowest BCUT2D eigenvalue weighted by atomic mass is 10.3. The number of hydrogen-bond donors (Lipinski definition) is 1. The van der Waals surface area contributed by atoms with Gasteiger partial charge in [0.25, 0.3) is 16.4 Å². The summed E-state index contributed by atoms with van der Waals surface area (Å²) in [4.78, 5) is 2.88. The van der Waals surface area contributed by atoms with E-state index < -0.39 is 38.0 Å². The molecule has 84 valence electrons. The van der Waals surface area contributed by atoms with Crippen LogP contribution in [0.15, 0.2) is 11.1 Å². The normalized spacial score (nSPS) is 12.1. The highest BCUT2D eigenvalue weighted by Crippen LogP contribution is 2.25. The number of halogens is 4. The van der Waals surface area contributed by atoms with Crippen molar-refractivity contribution in [3.8, 4) is 0 Å². The van der Waals surface area contributed by atoms with Gasteiger partial charge in [-0.15, -0.1) is 0 Å². The zero-order valence-corrected chi connectivity index (χ0v) is 8.49. The van der Waals surface area contributed by atoms with Gasteiger partial charge in [-0.25, -0.2) is 31.7 Å². The summed E-state index contributed by atoms with van der Waals surface area (Å²) in [6.07, 6.45) is -3.07. The summed E-state index contributed by atoms with van der Waals surface area (Å²) in [6, 6.07) is 0.538. The summed E-state index contributed by atoms with van der Waals surface area (Å²) in [5.41, 5.74) is -0.953. The first-order chi connectivity index (χ1) is 6.73. The number of pyridine rings is 1. The van der Waals surface area contributed by atoms with Crippen molar-refractivity contribution in [1.82, 2.24) is 4.98 Å². The fourth-order valence-corrected chi connectivity index (χ4v) is 1.64. The molecule has 0 saturated carbocycles. The van der Waals surface area contributed by atoms with E-state index in [0.29, 0.717) is 6.07 Å². The molecule has 0 aromatic carbocycles. The van der Waals surface area contributed by atoms with Gasteiger partial charge >= 0.3 is 0 Å². The smallest absolute Gasteiger partial charge is 0.231 e. The topological polar surface area (TPSA) is 73.1 Å². The van der Waals surface area contributed by atoms with Crippen molar-refractivity contribution >= 4 is 21.6 Å². The number of nitrogens with two attached hydrogens (primary N) is 1. The molecule has 15 heavy (non-hydrogen) atoms. The molecule has 2 N–H and O–H groups in total. The molecular weight excluding hydrogens is 257 g/mol. The Morgan fingerprint density at radius 1 is 1.47 bits per heavy atom. The molecule has 0 aliphatic heterocycles. The highest BCUT2D eigenvalue weighted by molar-refractivity contribution is 7.89. The predicted molar refractivity (Wildman–Crippen MR) is 45.5 cm³/mol. The van der Waals surface area contributed by atoms with Gasteiger partial charge in [-0.2, -0.15) is 0 Å². The average molecular weight is 261 g/mol. The Labute approximate surface area is 87.9 Å². The van der Waals surface area contributed by atoms with E-state index in [1.165, 1.54) is 0 Å². The van der Waals surface area contributed by atoms with Gasteiger partial charge < -0.3 is 0 Å². The molecule has 4 nitrogen and oxygen atoms in total. The third-order valence-corrected chi connectivity index (χ3v) is 2.48. The fraction of sp³-hybridized carbons (Fsp3) is 0.167. The molecule has 0 unspecified atom stereocenters. The molecule has 0 radical (unpaired) electrons. The van der Waals surface area contributed by atoms with Gasteiger partial charge in [-0.1, -0.05) is 11.6 Å². The minimum atomic E-state index is -4.52. The zero-order chi connectivity index (χ0) is 11.8. The first-order valence-corrected chi connectivity index (χ1v) is 5.33. The van der Waals surface area contributed by atoms with Crippen molar-refractivity contribution in [2.75, 3.05) is 0 Å². The maximum atomic E-state index is 13.0. The molecule has 1 rings (SSSR count). The average Bonchev–Trinajstić information content (AvgIpc) is 2.06. The van der Waals surface area contributed by atoms with Crippen LogP contribution in [0, 0.1) is 5.82 Å². The first kappa shape index (κ1) is 12.2. The minimum absolute atomic E-state index is 0.538. The van der Waals surface area contributed by atoms with Crippen molar-refractivity contribution < 1.29 is 21.6 Å². The Balaban J connectivity index is 3.52. The Kier molecular flexibility index (Phi) is 3.22. The van der Waals surface area contributed by atoms with Gasteiger partial charge in [-0.3, -0.25) is 0 Å². The van der Waals surface area contributed by atoms with Gasteiger partial charge in [0.2, 0.25) is 5.03 Å². The van der Waals surface area contributed by atoms with Crippen LogP contribution in [0.4, 0.5) is 13.2 Å². The van der Waals surface area contributed by atoms with Crippen LogP contribution < -0.4 is 5.14 Å². The van der Waals surface area contributed by atoms with Gasteiger partial charge in [0.1, 0.15) is 5.69 Å². The Morgan fingerprint density at radius 3 is 2.40 bits per heavy atom. The Hall–Kier alpha value is -0.860. The number of nitrogens with zero attached hydrogens (tertiary/aromatic N) is 1. The molecule has 0 bridgehead atoms. The second-order valence-electron chi connectivity index (χ2n) is 2.49. The van der Waals surface area contributed by atoms with Gasteiger partial charge in [0.15, 0.2) is 5.82 Å². The van der Waals surface area contributed by atoms with Crippen LogP contribution >= 0.6 is 11.6 Å². The maximum absolute atomic E-state index is 13.0. The molecule has 0 aliphatic carbocycles. The fourth-order valence-electron chi connectivity index (χ4n) is 0.794. The number of alkyl halides is 2. The van der Waals surface area contributed by atoms with Gasteiger partial charge in [0.05, 0.1) is 5.02 Å². The minimum Gasteiger partial charge on any atom is -0.231 e. The Bertz CT molecular complexity index is 491. The van der Waals surface area contributed by atoms with Crippen molar-refractivity contribution in [2.24, 2.45) is 5.14 Å². The van der Waals surface area contributed by atoms with E-state index in [9.17, 15) is 21.6 Å². The van der Waals surface area contributed by atoms with Crippen LogP contribution in [0.25, 0.3) is 0 Å². The molecule has 1 aromatic heterocycles. The number of sulfonamides is 1. The molecule has 0 atom stereocenters. The summed E-state index contributed by atoms with van der Waals surface area (Å²) in [5, 5.41) is 2.50. The number of rotatable bonds is 2. The van der Waals surface area contributed by atoms with Gasteiger partial charge in [0, 0.05) is 0 Å². The molecule has 0 amide bonds. The van der Waals surface area contributed by atoms with Crippen LogP contribution in [0.5, 0.6) is 0 Å². The van der Waals surface area contributed by atoms with Crippen LogP contribution in [0.3, 0.4) is 0 Å². The SMILES string of the molecule is NS(=O)(=O)c1nc(C(F)F)cc(Cl)c1F. The van der Waals surface area contributed by atoms with Crippen LogP contribution in [-0.2, 0) is 10.0 Å². The molecular formula is C6H4ClF3N2O2S. The van der Waals surface area contributed by atoms with Crippen LogP contribution in [0.2, 0.25) is 5.02 Å². The summed E-state index contributed by atoms with van der Waals surface area (Å²) in [7, 11) is -4.52.